The minimum absolute atomic E-state index is 0.195. The number of amides is 2. The molecule has 30 heavy (non-hydrogen) atoms. The molecule has 0 atom stereocenters. The number of nitrogens with one attached hydrogen (secondary N) is 2. The van der Waals surface area contributed by atoms with Crippen molar-refractivity contribution >= 4 is 11.8 Å². The molecule has 2 aromatic carbocycles. The topological polar surface area (TPSA) is 67.4 Å². The van der Waals surface area contributed by atoms with Crippen LogP contribution in [0.3, 0.4) is 0 Å². The second-order valence-corrected chi connectivity index (χ2v) is 5.70. The van der Waals surface area contributed by atoms with Gasteiger partial charge in [0.05, 0.1) is 13.5 Å². The van der Waals surface area contributed by atoms with Crippen molar-refractivity contribution < 1.29 is 23.1 Å². The van der Waals surface area contributed by atoms with Gasteiger partial charge < -0.3 is 4.74 Å². The fraction of sp³-hybridized carbons (Fsp3) is 0.391. The van der Waals surface area contributed by atoms with Crippen LogP contribution in [0.4, 0.5) is 8.78 Å². The van der Waals surface area contributed by atoms with Gasteiger partial charge in [-0.3, -0.25) is 20.4 Å². The molecule has 0 aromatic heterocycles. The van der Waals surface area contributed by atoms with E-state index in [2.05, 4.69) is 10.9 Å². The standard InChI is InChI=1S/C19H20F2N2O3.2C2H6/c1-4-13-11(2)17(26-3)8-6-14(13)19(25)23-22-18(24)10-12-5-7-15(20)16(21)9-12;2*1-2/h5-9H,4,10H2,1-3H3,(H,22,24)(H,23,25);2*1-2H3. The Bertz CT molecular complexity index is 839. The van der Waals surface area contributed by atoms with Gasteiger partial charge in [0.2, 0.25) is 5.91 Å². The number of ether oxygens (including phenoxy) is 1. The van der Waals surface area contributed by atoms with Crippen LogP contribution in [0, 0.1) is 18.6 Å². The van der Waals surface area contributed by atoms with Gasteiger partial charge in [-0.2, -0.15) is 0 Å². The van der Waals surface area contributed by atoms with Crippen LogP contribution in [-0.2, 0) is 17.6 Å². The van der Waals surface area contributed by atoms with Gasteiger partial charge in [-0.15, -0.1) is 0 Å². The highest BCUT2D eigenvalue weighted by Crippen LogP contribution is 2.25. The highest BCUT2D eigenvalue weighted by atomic mass is 19.2. The molecule has 2 aromatic rings. The molecule has 2 N–H and O–H groups in total. The average molecular weight is 423 g/mol. The van der Waals surface area contributed by atoms with Gasteiger partial charge in [0, 0.05) is 5.56 Å². The lowest BCUT2D eigenvalue weighted by molar-refractivity contribution is -0.121. The third-order valence-corrected chi connectivity index (χ3v) is 4.03. The van der Waals surface area contributed by atoms with E-state index in [1.165, 1.54) is 6.07 Å². The zero-order valence-electron chi connectivity index (χ0n) is 18.8. The Balaban J connectivity index is 0.00000198. The highest BCUT2D eigenvalue weighted by Gasteiger charge is 2.16. The van der Waals surface area contributed by atoms with Gasteiger partial charge in [-0.05, 0) is 54.3 Å². The lowest BCUT2D eigenvalue weighted by Gasteiger charge is -2.15. The van der Waals surface area contributed by atoms with E-state index in [9.17, 15) is 18.4 Å². The Kier molecular flexibility index (Phi) is 12.7. The third-order valence-electron chi connectivity index (χ3n) is 4.03. The number of carbonyl (C=O) groups excluding carboxylic acids is 2. The summed E-state index contributed by atoms with van der Waals surface area (Å²) >= 11 is 0. The minimum atomic E-state index is -1.03. The van der Waals surface area contributed by atoms with Crippen molar-refractivity contribution in [3.05, 3.63) is 64.2 Å². The molecule has 0 saturated carbocycles. The van der Waals surface area contributed by atoms with E-state index < -0.39 is 23.4 Å². The van der Waals surface area contributed by atoms with Gasteiger partial charge >= 0.3 is 0 Å². The van der Waals surface area contributed by atoms with Gasteiger partial charge in [0.25, 0.3) is 5.91 Å². The van der Waals surface area contributed by atoms with E-state index in [1.54, 1.807) is 19.2 Å². The Hall–Kier alpha value is -2.96. The summed E-state index contributed by atoms with van der Waals surface area (Å²) in [6, 6.07) is 6.51. The van der Waals surface area contributed by atoms with Crippen LogP contribution in [0.25, 0.3) is 0 Å². The normalized spacial score (nSPS) is 9.37. The van der Waals surface area contributed by atoms with Crippen molar-refractivity contribution in [3.8, 4) is 5.75 Å². The quantitative estimate of drug-likeness (QED) is 0.674. The second-order valence-electron chi connectivity index (χ2n) is 5.70. The van der Waals surface area contributed by atoms with Crippen molar-refractivity contribution in [2.45, 2.75) is 54.4 Å². The fourth-order valence-corrected chi connectivity index (χ4v) is 2.70. The second kappa shape index (κ2) is 14.1. The molecular weight excluding hydrogens is 390 g/mol. The van der Waals surface area contributed by atoms with Crippen LogP contribution in [0.2, 0.25) is 0 Å². The summed E-state index contributed by atoms with van der Waals surface area (Å²) in [6.45, 7) is 11.8. The van der Waals surface area contributed by atoms with Gasteiger partial charge in [0.1, 0.15) is 5.75 Å². The SMILES string of the molecule is CC.CC.CCc1c(C(=O)NNC(=O)Cc2ccc(F)c(F)c2)ccc(OC)c1C. The number of hydrogen-bond donors (Lipinski definition) is 2. The predicted octanol–water partition coefficient (Wildman–Crippen LogP) is 4.90. The van der Waals surface area contributed by atoms with Crippen LogP contribution in [-0.4, -0.2) is 18.9 Å². The Morgan fingerprint density at radius 3 is 2.13 bits per heavy atom. The lowest BCUT2D eigenvalue weighted by atomic mass is 9.98. The van der Waals surface area contributed by atoms with Gasteiger partial charge in [-0.25, -0.2) is 8.78 Å². The number of hydrazine groups is 1. The number of hydrogen-bond acceptors (Lipinski definition) is 3. The maximum atomic E-state index is 13.2. The van der Waals surface area contributed by atoms with Crippen LogP contribution in [0.5, 0.6) is 5.75 Å². The third kappa shape index (κ3) is 7.46. The summed E-state index contributed by atoms with van der Waals surface area (Å²) in [4.78, 5) is 24.3. The molecule has 7 heteroatoms. The Labute approximate surface area is 177 Å². The van der Waals surface area contributed by atoms with Gasteiger partial charge in [0.15, 0.2) is 11.6 Å². The summed E-state index contributed by atoms with van der Waals surface area (Å²) in [5.74, 6) is -2.34. The summed E-state index contributed by atoms with van der Waals surface area (Å²) < 4.78 is 31.3. The number of benzene rings is 2. The molecular formula is C23H32F2N2O3. The molecule has 2 rings (SSSR count). The summed E-state index contributed by atoms with van der Waals surface area (Å²) in [6.07, 6.45) is 0.425. The number of carbonyl (C=O) groups is 2. The minimum Gasteiger partial charge on any atom is -0.496 e. The number of rotatable bonds is 5. The molecule has 0 aliphatic carbocycles. The maximum absolute atomic E-state index is 13.2. The van der Waals surface area contributed by atoms with E-state index in [0.717, 1.165) is 23.3 Å². The first-order valence-corrected chi connectivity index (χ1v) is 10.1. The molecule has 0 heterocycles. The lowest BCUT2D eigenvalue weighted by Crippen LogP contribution is -2.42. The molecule has 0 saturated heterocycles. The molecule has 2 amide bonds. The Morgan fingerprint density at radius 1 is 0.967 bits per heavy atom. The van der Waals surface area contributed by atoms with Crippen molar-refractivity contribution in [3.63, 3.8) is 0 Å². The number of halogens is 2. The molecule has 0 aliphatic rings. The largest absolute Gasteiger partial charge is 0.496 e. The highest BCUT2D eigenvalue weighted by molar-refractivity contribution is 5.97. The van der Waals surface area contributed by atoms with Crippen LogP contribution < -0.4 is 15.6 Å². The van der Waals surface area contributed by atoms with Crippen LogP contribution >= 0.6 is 0 Å². The first-order valence-electron chi connectivity index (χ1n) is 10.1. The van der Waals surface area contributed by atoms with E-state index in [1.807, 2.05) is 41.5 Å². The molecule has 0 unspecified atom stereocenters. The van der Waals surface area contributed by atoms with E-state index >= 15 is 0 Å². The van der Waals surface area contributed by atoms with E-state index in [-0.39, 0.29) is 6.42 Å². The van der Waals surface area contributed by atoms with Crippen molar-refractivity contribution in [1.82, 2.24) is 10.9 Å². The molecule has 0 fully saturated rings. The maximum Gasteiger partial charge on any atom is 0.269 e. The average Bonchev–Trinajstić information content (AvgIpc) is 2.77. The summed E-state index contributed by atoms with van der Waals surface area (Å²) in [5, 5.41) is 0. The smallest absolute Gasteiger partial charge is 0.269 e. The molecule has 166 valence electrons. The summed E-state index contributed by atoms with van der Waals surface area (Å²) in [5.41, 5.74) is 7.01. The van der Waals surface area contributed by atoms with Crippen LogP contribution in [0.1, 0.15) is 61.7 Å². The zero-order valence-corrected chi connectivity index (χ0v) is 18.8. The molecule has 0 spiro atoms. The van der Waals surface area contributed by atoms with E-state index in [0.29, 0.717) is 23.3 Å². The molecule has 5 nitrogen and oxygen atoms in total. The molecule has 0 aliphatic heterocycles. The van der Waals surface area contributed by atoms with Gasteiger partial charge in [-0.1, -0.05) is 40.7 Å². The molecule has 0 bridgehead atoms. The van der Waals surface area contributed by atoms with Crippen molar-refractivity contribution in [2.75, 3.05) is 7.11 Å². The first kappa shape index (κ1) is 27.0. The fourth-order valence-electron chi connectivity index (χ4n) is 2.70. The molecule has 0 radical (unpaired) electrons. The Morgan fingerprint density at radius 2 is 1.60 bits per heavy atom. The van der Waals surface area contributed by atoms with Crippen molar-refractivity contribution in [1.29, 1.82) is 0 Å². The summed E-state index contributed by atoms with van der Waals surface area (Å²) in [7, 11) is 1.56. The van der Waals surface area contributed by atoms with Crippen LogP contribution in [0.15, 0.2) is 30.3 Å². The monoisotopic (exact) mass is 422 g/mol. The van der Waals surface area contributed by atoms with E-state index in [4.69, 9.17) is 4.74 Å². The predicted molar refractivity (Wildman–Crippen MR) is 115 cm³/mol. The number of methoxy groups -OCH3 is 1. The zero-order chi connectivity index (χ0) is 23.3. The van der Waals surface area contributed by atoms with Crippen molar-refractivity contribution in [2.24, 2.45) is 0 Å². The first-order chi connectivity index (χ1) is 14.4.